The molecule has 3 rings (SSSR count). The summed E-state index contributed by atoms with van der Waals surface area (Å²) in [6, 6.07) is 10.1. The largest absolute Gasteiger partial charge is 0.463 e. The number of nitrogens with one attached hydrogen (secondary N) is 2. The molecule has 2 N–H and O–H groups in total. The van der Waals surface area contributed by atoms with Gasteiger partial charge in [-0.1, -0.05) is 34.1 Å². The number of benzene rings is 1. The average Bonchev–Trinajstić information content (AvgIpc) is 3.04. The van der Waals surface area contributed by atoms with Gasteiger partial charge in [0.2, 0.25) is 0 Å². The minimum atomic E-state index is -0.705. The van der Waals surface area contributed by atoms with E-state index < -0.39 is 18.0 Å². The van der Waals surface area contributed by atoms with Crippen LogP contribution >= 0.6 is 15.9 Å². The highest BCUT2D eigenvalue weighted by Crippen LogP contribution is 2.34. The molecule has 0 radical (unpaired) electrons. The zero-order valence-corrected chi connectivity index (χ0v) is 15.3. The highest BCUT2D eigenvalue weighted by atomic mass is 79.9. The van der Waals surface area contributed by atoms with Crippen LogP contribution in [0.15, 0.2) is 56.6 Å². The number of halogens is 1. The lowest BCUT2D eigenvalue weighted by atomic mass is 10.0. The summed E-state index contributed by atoms with van der Waals surface area (Å²) in [4.78, 5) is 24.2. The van der Waals surface area contributed by atoms with Crippen LogP contribution in [0.4, 0.5) is 4.79 Å². The van der Waals surface area contributed by atoms with Crippen molar-refractivity contribution >= 4 is 27.9 Å². The van der Waals surface area contributed by atoms with Gasteiger partial charge in [0.05, 0.1) is 12.2 Å². The summed E-state index contributed by atoms with van der Waals surface area (Å²) >= 11 is 3.49. The number of allylic oxidation sites excluding steroid dienone is 1. The van der Waals surface area contributed by atoms with Crippen LogP contribution < -0.4 is 10.6 Å². The highest BCUT2D eigenvalue weighted by Gasteiger charge is 2.34. The topological polar surface area (TPSA) is 80.6 Å². The molecule has 1 aliphatic rings. The van der Waals surface area contributed by atoms with Crippen molar-refractivity contribution in [3.05, 3.63) is 57.9 Å². The summed E-state index contributed by atoms with van der Waals surface area (Å²) in [5.41, 5.74) is 1.66. The molecule has 0 spiro atoms. The summed E-state index contributed by atoms with van der Waals surface area (Å²) < 4.78 is 11.9. The lowest BCUT2D eigenvalue weighted by Crippen LogP contribution is -2.45. The fourth-order valence-corrected chi connectivity index (χ4v) is 3.18. The van der Waals surface area contributed by atoms with E-state index in [4.69, 9.17) is 9.15 Å². The maximum atomic E-state index is 12.3. The molecule has 0 aliphatic carbocycles. The molecule has 1 atom stereocenters. The number of hydrogen-bond donors (Lipinski definition) is 2. The van der Waals surface area contributed by atoms with Gasteiger partial charge in [0.1, 0.15) is 17.6 Å². The number of hydrogen-bond acceptors (Lipinski definition) is 4. The van der Waals surface area contributed by atoms with Gasteiger partial charge < -0.3 is 19.8 Å². The molecule has 2 heterocycles. The number of urea groups is 1. The molecular formula is C18H17BrN2O4. The molecule has 1 aromatic carbocycles. The number of esters is 1. The number of furan rings is 1. The number of carbonyl (C=O) groups is 2. The van der Waals surface area contributed by atoms with E-state index in [2.05, 4.69) is 26.6 Å². The van der Waals surface area contributed by atoms with E-state index in [9.17, 15) is 9.59 Å². The van der Waals surface area contributed by atoms with Crippen molar-refractivity contribution in [3.63, 3.8) is 0 Å². The van der Waals surface area contributed by atoms with Crippen LogP contribution in [0.1, 0.15) is 25.6 Å². The maximum Gasteiger partial charge on any atom is 0.338 e. The van der Waals surface area contributed by atoms with Crippen molar-refractivity contribution in [1.82, 2.24) is 10.6 Å². The van der Waals surface area contributed by atoms with Crippen LogP contribution in [0, 0.1) is 0 Å². The van der Waals surface area contributed by atoms with Crippen LogP contribution in [-0.2, 0) is 9.53 Å². The summed E-state index contributed by atoms with van der Waals surface area (Å²) in [5.74, 6) is 0.607. The molecule has 130 valence electrons. The Morgan fingerprint density at radius 1 is 1.28 bits per heavy atom. The summed E-state index contributed by atoms with van der Waals surface area (Å²) in [7, 11) is 0. The van der Waals surface area contributed by atoms with E-state index in [1.807, 2.05) is 30.3 Å². The first-order valence-corrected chi connectivity index (χ1v) is 8.60. The first-order chi connectivity index (χ1) is 12.0. The van der Waals surface area contributed by atoms with Gasteiger partial charge in [0.15, 0.2) is 0 Å². The predicted octanol–water partition coefficient (Wildman–Crippen LogP) is 3.90. The van der Waals surface area contributed by atoms with Crippen molar-refractivity contribution in [1.29, 1.82) is 0 Å². The normalized spacial score (nSPS) is 17.1. The SMILES string of the molecule is CCOC(=O)C1=C(C)NC(=O)N[C@@H]1c1ccc(-c2ccccc2Br)o1. The average molecular weight is 405 g/mol. The first kappa shape index (κ1) is 17.3. The van der Waals surface area contributed by atoms with Gasteiger partial charge in [0, 0.05) is 15.7 Å². The van der Waals surface area contributed by atoms with Crippen LogP contribution in [0.25, 0.3) is 11.3 Å². The molecule has 6 nitrogen and oxygen atoms in total. The van der Waals surface area contributed by atoms with Crippen LogP contribution in [0.5, 0.6) is 0 Å². The molecule has 1 aliphatic heterocycles. The minimum absolute atomic E-state index is 0.247. The standard InChI is InChI=1S/C18H17BrN2O4/c1-3-24-17(22)15-10(2)20-18(23)21-16(15)14-9-8-13(25-14)11-6-4-5-7-12(11)19/h4-9,16H,3H2,1-2H3,(H2,20,21,23)/t16-/m1/s1. The quantitative estimate of drug-likeness (QED) is 0.757. The minimum Gasteiger partial charge on any atom is -0.463 e. The molecule has 2 amide bonds. The Kier molecular flexibility index (Phi) is 4.94. The highest BCUT2D eigenvalue weighted by molar-refractivity contribution is 9.10. The van der Waals surface area contributed by atoms with E-state index in [-0.39, 0.29) is 6.61 Å². The zero-order chi connectivity index (χ0) is 18.0. The molecule has 0 bridgehead atoms. The van der Waals surface area contributed by atoms with E-state index in [0.717, 1.165) is 10.0 Å². The lowest BCUT2D eigenvalue weighted by Gasteiger charge is -2.26. The van der Waals surface area contributed by atoms with Crippen molar-refractivity contribution in [3.8, 4) is 11.3 Å². The summed E-state index contributed by atoms with van der Waals surface area (Å²) in [6.45, 7) is 3.64. The van der Waals surface area contributed by atoms with E-state index in [1.54, 1.807) is 19.9 Å². The zero-order valence-electron chi connectivity index (χ0n) is 13.8. The number of ether oxygens (including phenoxy) is 1. The third kappa shape index (κ3) is 3.46. The Labute approximate surface area is 153 Å². The van der Waals surface area contributed by atoms with Gasteiger partial charge in [-0.25, -0.2) is 9.59 Å². The number of carbonyl (C=O) groups excluding carboxylic acids is 2. The molecule has 2 aromatic rings. The molecule has 1 aromatic heterocycles. The van der Waals surface area contributed by atoms with Gasteiger partial charge in [-0.05, 0) is 32.0 Å². The molecular weight excluding hydrogens is 388 g/mol. The van der Waals surface area contributed by atoms with E-state index in [0.29, 0.717) is 22.8 Å². The van der Waals surface area contributed by atoms with Gasteiger partial charge in [0.25, 0.3) is 0 Å². The Bertz CT molecular complexity index is 856. The Balaban J connectivity index is 1.99. The third-order valence-corrected chi connectivity index (χ3v) is 4.51. The number of amides is 2. The monoisotopic (exact) mass is 404 g/mol. The third-order valence-electron chi connectivity index (χ3n) is 3.82. The van der Waals surface area contributed by atoms with Crippen LogP contribution in [0.2, 0.25) is 0 Å². The van der Waals surface area contributed by atoms with Crippen molar-refractivity contribution < 1.29 is 18.7 Å². The Morgan fingerprint density at radius 3 is 2.76 bits per heavy atom. The van der Waals surface area contributed by atoms with Gasteiger partial charge in [-0.15, -0.1) is 0 Å². The molecule has 7 heteroatoms. The summed E-state index contributed by atoms with van der Waals surface area (Å²) in [6.07, 6.45) is 0. The van der Waals surface area contributed by atoms with Gasteiger partial charge in [-0.3, -0.25) is 0 Å². The maximum absolute atomic E-state index is 12.3. The van der Waals surface area contributed by atoms with Gasteiger partial charge in [-0.2, -0.15) is 0 Å². The second-order valence-corrected chi connectivity index (χ2v) is 6.33. The summed E-state index contributed by atoms with van der Waals surface area (Å²) in [5, 5.41) is 5.31. The van der Waals surface area contributed by atoms with Crippen molar-refractivity contribution in [2.24, 2.45) is 0 Å². The van der Waals surface area contributed by atoms with Crippen LogP contribution in [-0.4, -0.2) is 18.6 Å². The molecule has 0 unspecified atom stereocenters. The second kappa shape index (κ2) is 7.14. The van der Waals surface area contributed by atoms with Crippen LogP contribution in [0.3, 0.4) is 0 Å². The van der Waals surface area contributed by atoms with E-state index >= 15 is 0 Å². The van der Waals surface area contributed by atoms with Gasteiger partial charge >= 0.3 is 12.0 Å². The Morgan fingerprint density at radius 2 is 2.04 bits per heavy atom. The lowest BCUT2D eigenvalue weighted by molar-refractivity contribution is -0.139. The van der Waals surface area contributed by atoms with E-state index in [1.165, 1.54) is 0 Å². The predicted molar refractivity (Wildman–Crippen MR) is 95.6 cm³/mol. The fraction of sp³-hybridized carbons (Fsp3) is 0.222. The second-order valence-electron chi connectivity index (χ2n) is 5.47. The number of rotatable bonds is 4. The van der Waals surface area contributed by atoms with Crippen molar-refractivity contribution in [2.45, 2.75) is 19.9 Å². The molecule has 0 fully saturated rings. The first-order valence-electron chi connectivity index (χ1n) is 7.81. The molecule has 0 saturated heterocycles. The molecule has 0 saturated carbocycles. The van der Waals surface area contributed by atoms with Crippen molar-refractivity contribution in [2.75, 3.05) is 6.61 Å². The smallest absolute Gasteiger partial charge is 0.338 e. The Hall–Kier alpha value is -2.54. The molecule has 25 heavy (non-hydrogen) atoms. The fourth-order valence-electron chi connectivity index (χ4n) is 2.70.